The Hall–Kier alpha value is -3.43. The van der Waals surface area contributed by atoms with Crippen LogP contribution < -0.4 is 4.90 Å². The number of rotatable bonds is 2. The minimum absolute atomic E-state index is 0.0567. The van der Waals surface area contributed by atoms with Gasteiger partial charge in [-0.25, -0.2) is 4.98 Å². The van der Waals surface area contributed by atoms with E-state index in [0.717, 1.165) is 41.6 Å². The number of hydrogen-bond acceptors (Lipinski definition) is 3. The molecule has 10 heteroatoms. The fourth-order valence-corrected chi connectivity index (χ4v) is 3.39. The summed E-state index contributed by atoms with van der Waals surface area (Å²) in [7, 11) is 0. The molecular weight excluding hydrogens is 410 g/mol. The number of nitrogens with zero attached hydrogens (tertiary/aromatic N) is 3. The Kier molecular flexibility index (Phi) is 4.52. The summed E-state index contributed by atoms with van der Waals surface area (Å²) in [4.78, 5) is 9.13. The molecule has 0 saturated carbocycles. The van der Waals surface area contributed by atoms with Crippen LogP contribution in [-0.4, -0.2) is 15.8 Å². The normalized spacial score (nSPS) is 16.7. The highest BCUT2D eigenvalue weighted by Gasteiger charge is 2.40. The van der Waals surface area contributed by atoms with Gasteiger partial charge in [-0.15, -0.1) is 0 Å². The Morgan fingerprint density at radius 3 is 2.07 bits per heavy atom. The van der Waals surface area contributed by atoms with Crippen molar-refractivity contribution in [2.75, 3.05) is 4.90 Å². The number of fused-ring (bicyclic) bond motifs is 1. The SMILES string of the molecule is N=C1c2ccccc2C(c2cc(C(F)(F)F)ccn2)N1c1cc(C(F)(F)F)ccn1. The number of pyridine rings is 2. The van der Waals surface area contributed by atoms with Gasteiger partial charge in [0.25, 0.3) is 0 Å². The van der Waals surface area contributed by atoms with E-state index in [4.69, 9.17) is 5.41 Å². The quantitative estimate of drug-likeness (QED) is 0.559. The van der Waals surface area contributed by atoms with E-state index in [9.17, 15) is 26.3 Å². The van der Waals surface area contributed by atoms with Crippen molar-refractivity contribution >= 4 is 11.7 Å². The van der Waals surface area contributed by atoms with Crippen LogP contribution in [0.3, 0.4) is 0 Å². The number of halogens is 6. The molecule has 0 bridgehead atoms. The van der Waals surface area contributed by atoms with E-state index in [1.165, 1.54) is 0 Å². The maximum atomic E-state index is 13.2. The lowest BCUT2D eigenvalue weighted by molar-refractivity contribution is -0.138. The number of amidine groups is 1. The van der Waals surface area contributed by atoms with Gasteiger partial charge in [0.05, 0.1) is 16.8 Å². The Morgan fingerprint density at radius 1 is 0.800 bits per heavy atom. The molecule has 2 aromatic heterocycles. The molecule has 0 spiro atoms. The lowest BCUT2D eigenvalue weighted by atomic mass is 10.0. The van der Waals surface area contributed by atoms with Gasteiger partial charge in [-0.05, 0) is 29.8 Å². The van der Waals surface area contributed by atoms with E-state index in [0.29, 0.717) is 11.1 Å². The molecule has 3 aromatic rings. The Morgan fingerprint density at radius 2 is 1.40 bits per heavy atom. The van der Waals surface area contributed by atoms with Crippen LogP contribution in [0, 0.1) is 5.41 Å². The van der Waals surface area contributed by atoms with Gasteiger partial charge < -0.3 is 0 Å². The molecule has 3 heterocycles. The second-order valence-corrected chi connectivity index (χ2v) is 6.58. The topological polar surface area (TPSA) is 52.9 Å². The average molecular weight is 422 g/mol. The number of alkyl halides is 6. The molecule has 1 aliphatic rings. The zero-order valence-corrected chi connectivity index (χ0v) is 15.0. The van der Waals surface area contributed by atoms with E-state index in [1.807, 2.05) is 0 Å². The van der Waals surface area contributed by atoms with Crippen LogP contribution in [0.15, 0.2) is 60.9 Å². The number of benzene rings is 1. The molecule has 4 rings (SSSR count). The van der Waals surface area contributed by atoms with Crippen molar-refractivity contribution in [3.63, 3.8) is 0 Å². The molecule has 1 atom stereocenters. The van der Waals surface area contributed by atoms with Gasteiger partial charge in [-0.3, -0.25) is 15.3 Å². The van der Waals surface area contributed by atoms with E-state index >= 15 is 0 Å². The van der Waals surface area contributed by atoms with Gasteiger partial charge in [0.15, 0.2) is 0 Å². The maximum absolute atomic E-state index is 13.2. The van der Waals surface area contributed by atoms with E-state index in [1.54, 1.807) is 24.3 Å². The lowest BCUT2D eigenvalue weighted by Crippen LogP contribution is -2.30. The first-order chi connectivity index (χ1) is 14.1. The Labute approximate surface area is 166 Å². The fraction of sp³-hybridized carbons (Fsp3) is 0.150. The van der Waals surface area contributed by atoms with Crippen molar-refractivity contribution in [2.45, 2.75) is 18.4 Å². The molecule has 0 aliphatic carbocycles. The number of hydrogen-bond donors (Lipinski definition) is 1. The standard InChI is InChI=1S/C20H12F6N4/c21-19(22,23)11-5-7-28-15(9-11)17-13-3-1-2-4-14(13)18(27)30(17)16-10-12(6-8-29-16)20(24,25)26/h1-10,17,27H. The second kappa shape index (κ2) is 6.82. The third kappa shape index (κ3) is 3.38. The van der Waals surface area contributed by atoms with Crippen molar-refractivity contribution in [2.24, 2.45) is 0 Å². The molecule has 1 aromatic carbocycles. The monoisotopic (exact) mass is 422 g/mol. The van der Waals surface area contributed by atoms with E-state index < -0.39 is 29.5 Å². The molecule has 1 aliphatic heterocycles. The van der Waals surface area contributed by atoms with Gasteiger partial charge in [-0.2, -0.15) is 26.3 Å². The van der Waals surface area contributed by atoms with Gasteiger partial charge in [0, 0.05) is 18.0 Å². The summed E-state index contributed by atoms with van der Waals surface area (Å²) in [6.45, 7) is 0. The van der Waals surface area contributed by atoms with Crippen molar-refractivity contribution in [3.8, 4) is 0 Å². The van der Waals surface area contributed by atoms with Crippen LogP contribution >= 0.6 is 0 Å². The average Bonchev–Trinajstić information content (AvgIpc) is 3.00. The number of nitrogens with one attached hydrogen (secondary N) is 1. The summed E-state index contributed by atoms with van der Waals surface area (Å²) in [5.41, 5.74) is -1.15. The van der Waals surface area contributed by atoms with Crippen LogP contribution in [0.5, 0.6) is 0 Å². The predicted molar refractivity (Wildman–Crippen MR) is 96.1 cm³/mol. The number of anilines is 1. The summed E-state index contributed by atoms with van der Waals surface area (Å²) in [5.74, 6) is -0.392. The smallest absolute Gasteiger partial charge is 0.298 e. The first-order valence-electron chi connectivity index (χ1n) is 8.61. The molecule has 0 radical (unpaired) electrons. The van der Waals surface area contributed by atoms with Gasteiger partial charge in [0.2, 0.25) is 0 Å². The van der Waals surface area contributed by atoms with Crippen LogP contribution in [0.4, 0.5) is 32.2 Å². The molecular formula is C20H12F6N4. The summed E-state index contributed by atoms with van der Waals surface area (Å²) in [6, 6.07) is 8.60. The minimum atomic E-state index is -4.64. The maximum Gasteiger partial charge on any atom is 0.416 e. The molecule has 4 nitrogen and oxygen atoms in total. The zero-order valence-electron chi connectivity index (χ0n) is 15.0. The molecule has 0 amide bonds. The fourth-order valence-electron chi connectivity index (χ4n) is 3.39. The molecule has 1 unspecified atom stereocenters. The second-order valence-electron chi connectivity index (χ2n) is 6.58. The van der Waals surface area contributed by atoms with Gasteiger partial charge >= 0.3 is 12.4 Å². The molecule has 0 saturated heterocycles. The summed E-state index contributed by atoms with van der Waals surface area (Å²) < 4.78 is 79.2. The van der Waals surface area contributed by atoms with Crippen molar-refractivity contribution in [3.05, 3.63) is 88.9 Å². The summed E-state index contributed by atoms with van der Waals surface area (Å²) in [6.07, 6.45) is -7.33. The minimum Gasteiger partial charge on any atom is -0.298 e. The van der Waals surface area contributed by atoms with Crippen molar-refractivity contribution in [1.29, 1.82) is 5.41 Å². The highest BCUT2D eigenvalue weighted by molar-refractivity contribution is 6.12. The van der Waals surface area contributed by atoms with Crippen LogP contribution in [0.2, 0.25) is 0 Å². The van der Waals surface area contributed by atoms with Crippen LogP contribution in [0.25, 0.3) is 0 Å². The van der Waals surface area contributed by atoms with Crippen LogP contribution in [0.1, 0.15) is 34.0 Å². The number of aromatic nitrogens is 2. The van der Waals surface area contributed by atoms with Crippen molar-refractivity contribution in [1.82, 2.24) is 9.97 Å². The molecule has 0 fully saturated rings. The largest absolute Gasteiger partial charge is 0.416 e. The third-order valence-electron chi connectivity index (χ3n) is 4.72. The third-order valence-corrected chi connectivity index (χ3v) is 4.72. The molecule has 30 heavy (non-hydrogen) atoms. The first-order valence-corrected chi connectivity index (χ1v) is 8.61. The zero-order chi connectivity index (χ0) is 21.7. The first kappa shape index (κ1) is 19.9. The van der Waals surface area contributed by atoms with Gasteiger partial charge in [0.1, 0.15) is 17.7 Å². The predicted octanol–water partition coefficient (Wildman–Crippen LogP) is 5.45. The highest BCUT2D eigenvalue weighted by atomic mass is 19.4. The summed E-state index contributed by atoms with van der Waals surface area (Å²) >= 11 is 0. The highest BCUT2D eigenvalue weighted by Crippen LogP contribution is 2.42. The molecule has 1 N–H and O–H groups in total. The van der Waals surface area contributed by atoms with Gasteiger partial charge in [-0.1, -0.05) is 24.3 Å². The summed E-state index contributed by atoms with van der Waals surface area (Å²) in [5, 5.41) is 8.46. The Bertz CT molecular complexity index is 1120. The van der Waals surface area contributed by atoms with Crippen molar-refractivity contribution < 1.29 is 26.3 Å². The lowest BCUT2D eigenvalue weighted by Gasteiger charge is -2.26. The van der Waals surface area contributed by atoms with Crippen LogP contribution in [-0.2, 0) is 12.4 Å². The van der Waals surface area contributed by atoms with E-state index in [-0.39, 0.29) is 17.3 Å². The van der Waals surface area contributed by atoms with E-state index in [2.05, 4.69) is 9.97 Å². The molecule has 154 valence electrons. The Balaban J connectivity index is 1.90.